The molecule has 1 fully saturated rings. The van der Waals surface area contributed by atoms with Gasteiger partial charge in [-0.25, -0.2) is 0 Å². The molecule has 8 heteroatoms. The summed E-state index contributed by atoms with van der Waals surface area (Å²) < 4.78 is 13.5. The van der Waals surface area contributed by atoms with E-state index >= 15 is 0 Å². The van der Waals surface area contributed by atoms with Crippen LogP contribution in [0.2, 0.25) is 10.0 Å². The minimum absolute atomic E-state index is 0.103. The molecule has 0 aliphatic carbocycles. The molecular formula is C22H20Cl2N2O2S2. The van der Waals surface area contributed by atoms with Gasteiger partial charge in [0.05, 0.1) is 10.0 Å². The minimum atomic E-state index is -0.811. The van der Waals surface area contributed by atoms with Gasteiger partial charge in [0.2, 0.25) is 5.91 Å². The number of amides is 1. The fraction of sp³-hybridized carbons (Fsp3) is 0.227. The Hall–Kier alpha value is -1.73. The average molecular weight is 479 g/mol. The van der Waals surface area contributed by atoms with E-state index in [1.54, 1.807) is 22.7 Å². The summed E-state index contributed by atoms with van der Waals surface area (Å²) in [6.45, 7) is 1.04. The second kappa shape index (κ2) is 9.18. The van der Waals surface area contributed by atoms with Gasteiger partial charge in [-0.15, -0.1) is 0 Å². The smallest absolute Gasteiger partial charge is 0.246 e. The molecule has 2 heterocycles. The molecule has 4 nitrogen and oxygen atoms in total. The minimum Gasteiger partial charge on any atom is -0.351 e. The van der Waals surface area contributed by atoms with E-state index in [1.165, 1.54) is 17.0 Å². The lowest BCUT2D eigenvalue weighted by Crippen LogP contribution is -2.40. The number of fused-ring (bicyclic) bond motifs is 1. The number of carbonyl (C=O) groups excluding carboxylic acids is 1. The number of hydrogen-bond donors (Lipinski definition) is 0. The van der Waals surface area contributed by atoms with Crippen LogP contribution in [-0.2, 0) is 22.6 Å². The van der Waals surface area contributed by atoms with Crippen LogP contribution in [0.3, 0.4) is 0 Å². The highest BCUT2D eigenvalue weighted by Crippen LogP contribution is 2.40. The molecule has 0 unspecified atom stereocenters. The number of benzene rings is 2. The van der Waals surface area contributed by atoms with Crippen molar-refractivity contribution < 1.29 is 9.00 Å². The van der Waals surface area contributed by atoms with Crippen LogP contribution >= 0.6 is 35.0 Å². The largest absolute Gasteiger partial charge is 0.351 e. The maximum Gasteiger partial charge on any atom is 0.246 e. The summed E-state index contributed by atoms with van der Waals surface area (Å²) >= 11 is 14.6. The van der Waals surface area contributed by atoms with E-state index in [4.69, 9.17) is 23.2 Å². The Morgan fingerprint density at radius 2 is 1.87 bits per heavy atom. The van der Waals surface area contributed by atoms with E-state index in [0.29, 0.717) is 40.2 Å². The number of hydrogen-bond acceptors (Lipinski definition) is 3. The van der Waals surface area contributed by atoms with E-state index in [1.807, 2.05) is 25.4 Å². The van der Waals surface area contributed by atoms with Crippen molar-refractivity contribution in [2.75, 3.05) is 24.6 Å². The van der Waals surface area contributed by atoms with Crippen molar-refractivity contribution in [3.63, 3.8) is 0 Å². The van der Waals surface area contributed by atoms with Gasteiger partial charge in [-0.3, -0.25) is 9.00 Å². The van der Waals surface area contributed by atoms with Crippen LogP contribution in [0.15, 0.2) is 58.5 Å². The van der Waals surface area contributed by atoms with E-state index in [9.17, 15) is 9.00 Å². The number of halogens is 2. The van der Waals surface area contributed by atoms with E-state index in [-0.39, 0.29) is 5.91 Å². The first-order valence-electron chi connectivity index (χ1n) is 9.45. The second-order valence-corrected chi connectivity index (χ2v) is 10.6. The molecule has 1 aliphatic rings. The summed E-state index contributed by atoms with van der Waals surface area (Å²) in [4.78, 5) is 16.0. The van der Waals surface area contributed by atoms with Crippen molar-refractivity contribution in [2.24, 2.45) is 7.05 Å². The lowest BCUT2D eigenvalue weighted by Gasteiger charge is -2.25. The third-order valence-electron chi connectivity index (χ3n) is 5.06. The van der Waals surface area contributed by atoms with Gasteiger partial charge in [0, 0.05) is 75.4 Å². The quantitative estimate of drug-likeness (QED) is 0.481. The van der Waals surface area contributed by atoms with E-state index < -0.39 is 10.8 Å². The van der Waals surface area contributed by atoms with Gasteiger partial charge in [0.25, 0.3) is 0 Å². The standard InChI is InChI=1S/C22H20Cl2N2O2S2/c1-25-9-8-16-14-17(4-5-18(16)25)29-19-6-2-15(21(23)22(19)24)3-7-20(27)26-10-12-30(28)13-11-26/h2-9,14H,10-13H2,1H3. The van der Waals surface area contributed by atoms with Crippen molar-refractivity contribution in [2.45, 2.75) is 9.79 Å². The van der Waals surface area contributed by atoms with Crippen LogP contribution in [0.4, 0.5) is 0 Å². The fourth-order valence-electron chi connectivity index (χ4n) is 3.33. The zero-order chi connectivity index (χ0) is 21.3. The highest BCUT2D eigenvalue weighted by Gasteiger charge is 2.18. The molecule has 3 aromatic rings. The van der Waals surface area contributed by atoms with Crippen LogP contribution in [0.1, 0.15) is 5.56 Å². The SMILES string of the molecule is Cn1ccc2cc(Sc3ccc(C=CC(=O)N4CCS(=O)CC4)c(Cl)c3Cl)ccc21. The van der Waals surface area contributed by atoms with Crippen molar-refractivity contribution in [1.29, 1.82) is 0 Å². The molecule has 0 radical (unpaired) electrons. The van der Waals surface area contributed by atoms with Crippen LogP contribution in [0.25, 0.3) is 17.0 Å². The Morgan fingerprint density at radius 3 is 2.63 bits per heavy atom. The zero-order valence-electron chi connectivity index (χ0n) is 16.3. The maximum atomic E-state index is 12.3. The molecule has 0 spiro atoms. The molecular weight excluding hydrogens is 459 g/mol. The number of carbonyl (C=O) groups is 1. The molecule has 2 aromatic carbocycles. The van der Waals surface area contributed by atoms with Gasteiger partial charge in [0.15, 0.2) is 0 Å². The summed E-state index contributed by atoms with van der Waals surface area (Å²) in [5.41, 5.74) is 1.87. The first kappa shape index (κ1) is 21.5. The van der Waals surface area contributed by atoms with Crippen molar-refractivity contribution >= 4 is 68.6 Å². The highest BCUT2D eigenvalue weighted by atomic mass is 35.5. The monoisotopic (exact) mass is 478 g/mol. The van der Waals surface area contributed by atoms with E-state index in [2.05, 4.69) is 28.8 Å². The molecule has 30 heavy (non-hydrogen) atoms. The van der Waals surface area contributed by atoms with Crippen LogP contribution in [-0.4, -0.2) is 44.2 Å². The lowest BCUT2D eigenvalue weighted by atomic mass is 10.2. The molecule has 1 saturated heterocycles. The number of rotatable bonds is 4. The van der Waals surface area contributed by atoms with Gasteiger partial charge in [-0.1, -0.05) is 41.0 Å². The molecule has 1 aliphatic heterocycles. The summed E-state index contributed by atoms with van der Waals surface area (Å²) in [6, 6.07) is 12.2. The lowest BCUT2D eigenvalue weighted by molar-refractivity contribution is -0.125. The number of aromatic nitrogens is 1. The van der Waals surface area contributed by atoms with Crippen molar-refractivity contribution in [3.05, 3.63) is 64.3 Å². The molecule has 1 aromatic heterocycles. The molecule has 0 atom stereocenters. The van der Waals surface area contributed by atoms with Crippen LogP contribution in [0.5, 0.6) is 0 Å². The molecule has 0 saturated carbocycles. The van der Waals surface area contributed by atoms with Crippen molar-refractivity contribution in [3.8, 4) is 0 Å². The van der Waals surface area contributed by atoms with Gasteiger partial charge >= 0.3 is 0 Å². The Kier molecular flexibility index (Phi) is 6.58. The molecule has 156 valence electrons. The second-order valence-electron chi connectivity index (χ2n) is 7.04. The summed E-state index contributed by atoms with van der Waals surface area (Å²) in [5, 5.41) is 2.06. The Labute approximate surface area is 192 Å². The predicted molar refractivity (Wildman–Crippen MR) is 127 cm³/mol. The first-order chi connectivity index (χ1) is 14.4. The molecule has 0 N–H and O–H groups in total. The first-order valence-corrected chi connectivity index (χ1v) is 12.5. The Balaban J connectivity index is 1.49. The highest BCUT2D eigenvalue weighted by molar-refractivity contribution is 7.99. The Morgan fingerprint density at radius 1 is 1.10 bits per heavy atom. The van der Waals surface area contributed by atoms with Gasteiger partial charge in [-0.05, 0) is 42.0 Å². The molecule has 1 amide bonds. The van der Waals surface area contributed by atoms with Gasteiger partial charge < -0.3 is 9.47 Å². The predicted octanol–water partition coefficient (Wildman–Crippen LogP) is 5.24. The normalized spacial score (nSPS) is 15.4. The zero-order valence-corrected chi connectivity index (χ0v) is 19.5. The fourth-order valence-corrected chi connectivity index (χ4v) is 5.86. The summed E-state index contributed by atoms with van der Waals surface area (Å²) in [5.74, 6) is 0.966. The van der Waals surface area contributed by atoms with Gasteiger partial charge in [-0.2, -0.15) is 0 Å². The van der Waals surface area contributed by atoms with Crippen LogP contribution in [0, 0.1) is 0 Å². The number of nitrogens with zero attached hydrogens (tertiary/aromatic N) is 2. The van der Waals surface area contributed by atoms with E-state index in [0.717, 1.165) is 9.79 Å². The third kappa shape index (κ3) is 4.62. The number of aryl methyl sites for hydroxylation is 1. The maximum absolute atomic E-state index is 12.3. The average Bonchev–Trinajstić information content (AvgIpc) is 3.11. The third-order valence-corrected chi connectivity index (χ3v) is 8.39. The summed E-state index contributed by atoms with van der Waals surface area (Å²) in [7, 11) is 1.21. The topological polar surface area (TPSA) is 42.3 Å². The molecule has 0 bridgehead atoms. The summed E-state index contributed by atoms with van der Waals surface area (Å²) in [6.07, 6.45) is 5.23. The Bertz CT molecular complexity index is 1160. The van der Waals surface area contributed by atoms with Crippen LogP contribution < -0.4 is 0 Å². The van der Waals surface area contributed by atoms with Gasteiger partial charge in [0.1, 0.15) is 0 Å². The molecule has 4 rings (SSSR count). The van der Waals surface area contributed by atoms with Crippen molar-refractivity contribution in [1.82, 2.24) is 9.47 Å².